The van der Waals surface area contributed by atoms with Crippen LogP contribution in [-0.2, 0) is 0 Å². The van der Waals surface area contributed by atoms with Gasteiger partial charge in [-0.3, -0.25) is 9.59 Å². The highest BCUT2D eigenvalue weighted by Crippen LogP contribution is 2.34. The van der Waals surface area contributed by atoms with Gasteiger partial charge in [-0.25, -0.2) is 4.39 Å². The molecule has 2 aliphatic heterocycles. The van der Waals surface area contributed by atoms with E-state index in [1.807, 2.05) is 49.8 Å². The van der Waals surface area contributed by atoms with Crippen LogP contribution in [0.4, 0.5) is 15.8 Å². The van der Waals surface area contributed by atoms with E-state index in [1.165, 1.54) is 18.9 Å². The highest BCUT2D eigenvalue weighted by Gasteiger charge is 2.27. The Balaban J connectivity index is 0.00000125. The number of aldehydes is 1. The number of hydrogen-bond donors (Lipinski definition) is 0. The van der Waals surface area contributed by atoms with Gasteiger partial charge >= 0.3 is 0 Å². The van der Waals surface area contributed by atoms with Crippen LogP contribution in [-0.4, -0.2) is 74.4 Å². The Labute approximate surface area is 242 Å². The molecule has 2 heterocycles. The summed E-state index contributed by atoms with van der Waals surface area (Å²) in [4.78, 5) is 31.8. The lowest BCUT2D eigenvalue weighted by Gasteiger charge is -2.37. The number of benzene rings is 2. The van der Waals surface area contributed by atoms with E-state index >= 15 is 0 Å². The van der Waals surface area contributed by atoms with Crippen molar-refractivity contribution in [3.63, 3.8) is 0 Å². The van der Waals surface area contributed by atoms with E-state index in [4.69, 9.17) is 0 Å². The lowest BCUT2D eigenvalue weighted by Crippen LogP contribution is -2.49. The summed E-state index contributed by atoms with van der Waals surface area (Å²) >= 11 is 0. The maximum atomic E-state index is 14.5. The van der Waals surface area contributed by atoms with E-state index in [0.717, 1.165) is 42.1 Å². The van der Waals surface area contributed by atoms with Gasteiger partial charge in [0.15, 0.2) is 0 Å². The average Bonchev–Trinajstić information content (AvgIpc) is 3.29. The molecule has 0 radical (unpaired) electrons. The van der Waals surface area contributed by atoms with Gasteiger partial charge in [0, 0.05) is 50.5 Å². The predicted molar refractivity (Wildman–Crippen MR) is 176 cm³/mol. The first kappa shape index (κ1) is 34.8. The van der Waals surface area contributed by atoms with Crippen molar-refractivity contribution in [1.82, 2.24) is 4.90 Å². The van der Waals surface area contributed by atoms with E-state index in [2.05, 4.69) is 41.6 Å². The quantitative estimate of drug-likeness (QED) is 0.222. The fourth-order valence-electron chi connectivity index (χ4n) is 4.75. The zero-order valence-electron chi connectivity index (χ0n) is 25.1. The van der Waals surface area contributed by atoms with Gasteiger partial charge in [0.2, 0.25) is 0 Å². The smallest absolute Gasteiger partial charge is 0.256 e. The summed E-state index contributed by atoms with van der Waals surface area (Å²) in [7, 11) is -1.46. The van der Waals surface area contributed by atoms with Crippen LogP contribution < -0.4 is 9.80 Å². The van der Waals surface area contributed by atoms with Crippen LogP contribution in [0.15, 0.2) is 41.3 Å². The fraction of sp³-hybridized carbons (Fsp3) is 0.455. The van der Waals surface area contributed by atoms with Crippen molar-refractivity contribution < 1.29 is 14.0 Å². The van der Waals surface area contributed by atoms with Gasteiger partial charge in [0.25, 0.3) is 5.91 Å². The van der Waals surface area contributed by atoms with Crippen molar-refractivity contribution in [1.29, 1.82) is 0 Å². The number of carbonyl (C=O) groups is 2. The van der Waals surface area contributed by atoms with Gasteiger partial charge in [-0.15, -0.1) is 12.8 Å². The first-order valence-electron chi connectivity index (χ1n) is 14.2. The molecule has 2 aromatic carbocycles. The normalized spacial score (nSPS) is 15.2. The number of hydrogen-bond acceptors (Lipinski definition) is 4. The van der Waals surface area contributed by atoms with Crippen molar-refractivity contribution in [3.05, 3.63) is 53.3 Å². The molecule has 0 atom stereocenters. The van der Waals surface area contributed by atoms with E-state index in [-0.39, 0.29) is 5.91 Å². The van der Waals surface area contributed by atoms with Crippen molar-refractivity contribution in [2.24, 2.45) is 0 Å². The van der Waals surface area contributed by atoms with Gasteiger partial charge in [0.05, 0.1) is 11.3 Å². The number of anilines is 2. The minimum Gasteiger partial charge on any atom is -0.371 e. The third-order valence-corrected chi connectivity index (χ3v) is 8.12. The molecule has 7 heteroatoms. The molecule has 1 amide bonds. The molecule has 2 aromatic rings. The molecule has 0 aromatic heterocycles. The SMILES string of the molecule is C#C.C=S(=C)(C)c1ccc(N2CCCCCC2)c(C(=O)N2CCN(c3ccc(C=O)cc3F)CC2)c1.CC.CC. The number of halogens is 1. The van der Waals surface area contributed by atoms with Gasteiger partial charge < -0.3 is 14.7 Å². The molecule has 0 spiro atoms. The topological polar surface area (TPSA) is 43.9 Å². The molecule has 0 bridgehead atoms. The number of nitrogens with zero attached hydrogens (tertiary/aromatic N) is 3. The highest BCUT2D eigenvalue weighted by atomic mass is 32.2. The lowest BCUT2D eigenvalue weighted by molar-refractivity contribution is 0.0746. The second-order valence-electron chi connectivity index (χ2n) is 9.46. The lowest BCUT2D eigenvalue weighted by atomic mass is 10.1. The Morgan fingerprint density at radius 1 is 0.825 bits per heavy atom. The summed E-state index contributed by atoms with van der Waals surface area (Å²) in [6.07, 6.45) is 15.4. The maximum Gasteiger partial charge on any atom is 0.256 e. The molecule has 220 valence electrons. The van der Waals surface area contributed by atoms with Crippen LogP contribution in [0.5, 0.6) is 0 Å². The first-order valence-corrected chi connectivity index (χ1v) is 16.6. The highest BCUT2D eigenvalue weighted by molar-refractivity contribution is 8.27. The molecule has 5 nitrogen and oxygen atoms in total. The Morgan fingerprint density at radius 3 is 1.85 bits per heavy atom. The minimum absolute atomic E-state index is 0.0150. The Kier molecular flexibility index (Phi) is 15.2. The Hall–Kier alpha value is -3.24. The van der Waals surface area contributed by atoms with Gasteiger partial charge in [-0.1, -0.05) is 52.3 Å². The Morgan fingerprint density at radius 2 is 1.35 bits per heavy atom. The van der Waals surface area contributed by atoms with Gasteiger partial charge in [-0.2, -0.15) is 9.21 Å². The number of carbonyl (C=O) groups excluding carboxylic acids is 2. The molecule has 0 saturated carbocycles. The van der Waals surface area contributed by atoms with Crippen LogP contribution >= 0.6 is 9.21 Å². The minimum atomic E-state index is -1.46. The van der Waals surface area contributed by atoms with Crippen LogP contribution in [0.2, 0.25) is 0 Å². The number of piperazine rings is 1. The third-order valence-electron chi connectivity index (χ3n) is 6.73. The maximum absolute atomic E-state index is 14.5. The first-order chi connectivity index (χ1) is 19.3. The Bertz CT molecular complexity index is 1210. The molecule has 2 aliphatic rings. The molecule has 4 rings (SSSR count). The predicted octanol–water partition coefficient (Wildman–Crippen LogP) is 6.94. The van der Waals surface area contributed by atoms with Crippen molar-refractivity contribution in [2.45, 2.75) is 58.3 Å². The monoisotopic (exact) mass is 569 g/mol. The van der Waals surface area contributed by atoms with Gasteiger partial charge in [0.1, 0.15) is 12.1 Å². The summed E-state index contributed by atoms with van der Waals surface area (Å²) in [5.41, 5.74) is 2.51. The average molecular weight is 570 g/mol. The zero-order chi connectivity index (χ0) is 30.3. The van der Waals surface area contributed by atoms with Crippen LogP contribution in [0, 0.1) is 18.7 Å². The summed E-state index contributed by atoms with van der Waals surface area (Å²) in [6, 6.07) is 10.7. The third kappa shape index (κ3) is 9.16. The molecule has 2 saturated heterocycles. The largest absolute Gasteiger partial charge is 0.371 e. The summed E-state index contributed by atoms with van der Waals surface area (Å²) in [6.45, 7) is 12.0. The van der Waals surface area contributed by atoms with E-state index in [0.29, 0.717) is 43.7 Å². The molecular formula is C33H48FN3O2S. The van der Waals surface area contributed by atoms with E-state index in [1.54, 1.807) is 12.1 Å². The van der Waals surface area contributed by atoms with Gasteiger partial charge in [-0.05, 0) is 60.4 Å². The summed E-state index contributed by atoms with van der Waals surface area (Å²) < 4.78 is 14.5. The second kappa shape index (κ2) is 17.5. The second-order valence-corrected chi connectivity index (χ2v) is 12.5. The van der Waals surface area contributed by atoms with Crippen molar-refractivity contribution in [3.8, 4) is 12.8 Å². The molecule has 2 fully saturated rings. The summed E-state index contributed by atoms with van der Waals surface area (Å²) in [5, 5.41) is 0. The van der Waals surface area contributed by atoms with E-state index in [9.17, 15) is 14.0 Å². The molecule has 0 N–H and O–H groups in total. The van der Waals surface area contributed by atoms with Crippen molar-refractivity contribution >= 4 is 44.5 Å². The standard InChI is InChI=1S/C27H34FN3O2S.2C2H6.C2H2/c1-34(2,3)22-9-11-25(29-12-6-4-5-7-13-29)23(19-22)27(33)31-16-14-30(15-17-31)26-10-8-21(20-32)18-24(26)28;3*1-2/h8-11,18-20H,1-2,4-7,12-17H2,3H3;2*1-2H3;1-2H. The number of terminal acetylenes is 1. The number of amides is 1. The van der Waals surface area contributed by atoms with Crippen LogP contribution in [0.25, 0.3) is 0 Å². The zero-order valence-corrected chi connectivity index (χ0v) is 25.9. The van der Waals surface area contributed by atoms with Crippen LogP contribution in [0.1, 0.15) is 74.1 Å². The van der Waals surface area contributed by atoms with E-state index < -0.39 is 15.0 Å². The fourth-order valence-corrected chi connectivity index (χ4v) is 5.55. The van der Waals surface area contributed by atoms with Crippen molar-refractivity contribution in [2.75, 3.05) is 55.3 Å². The molecule has 0 aliphatic carbocycles. The number of rotatable bonds is 5. The molecule has 0 unspecified atom stereocenters. The van der Waals surface area contributed by atoms with Crippen LogP contribution in [0.3, 0.4) is 0 Å². The summed E-state index contributed by atoms with van der Waals surface area (Å²) in [5.74, 6) is 8.10. The molecule has 40 heavy (non-hydrogen) atoms. The molecular weight excluding hydrogens is 521 g/mol.